The van der Waals surface area contributed by atoms with Crippen LogP contribution >= 0.6 is 0 Å². The minimum absolute atomic E-state index is 0.0498. The van der Waals surface area contributed by atoms with Gasteiger partial charge in [-0.1, -0.05) is 19.1 Å². The molecule has 3 heteroatoms. The molecular weight excluding hydrogens is 192 g/mol. The van der Waals surface area contributed by atoms with Gasteiger partial charge in [0.2, 0.25) is 0 Å². The second-order valence-corrected chi connectivity index (χ2v) is 3.39. The molecule has 1 unspecified atom stereocenters. The maximum atomic E-state index is 11.7. The second-order valence-electron chi connectivity index (χ2n) is 3.39. The van der Waals surface area contributed by atoms with E-state index in [0.29, 0.717) is 17.7 Å². The molecule has 0 bridgehead atoms. The van der Waals surface area contributed by atoms with Crippen LogP contribution in [0, 0.1) is 0 Å². The lowest BCUT2D eigenvalue weighted by Gasteiger charge is -2.12. The molecule has 0 radical (unpaired) electrons. The first-order valence-electron chi connectivity index (χ1n) is 5.12. The third kappa shape index (κ3) is 3.36. The monoisotopic (exact) mass is 208 g/mol. The maximum Gasteiger partial charge on any atom is 0.194 e. The summed E-state index contributed by atoms with van der Waals surface area (Å²) in [6.45, 7) is 3.47. The Morgan fingerprint density at radius 1 is 1.47 bits per heavy atom. The average Bonchev–Trinajstić information content (AvgIpc) is 2.18. The molecule has 0 saturated heterocycles. The van der Waals surface area contributed by atoms with Crippen molar-refractivity contribution in [3.05, 3.63) is 29.8 Å². The molecule has 0 aliphatic heterocycles. The summed E-state index contributed by atoms with van der Waals surface area (Å²) in [5.41, 5.74) is 0.542. The zero-order valence-electron chi connectivity index (χ0n) is 9.06. The van der Waals surface area contributed by atoms with E-state index in [9.17, 15) is 4.79 Å². The summed E-state index contributed by atoms with van der Waals surface area (Å²) in [6, 6.07) is 6.98. The lowest BCUT2D eigenvalue weighted by molar-refractivity contribution is -0.000771. The molecule has 1 aromatic rings. The normalized spacial score (nSPS) is 12.2. The van der Waals surface area contributed by atoms with Gasteiger partial charge in [0, 0.05) is 6.42 Å². The Kier molecular flexibility index (Phi) is 4.31. The van der Waals surface area contributed by atoms with Crippen LogP contribution < -0.4 is 4.74 Å². The Hall–Kier alpha value is -1.35. The Labute approximate surface area is 89.7 Å². The molecule has 82 valence electrons. The lowest BCUT2D eigenvalue weighted by Crippen LogP contribution is -2.12. The van der Waals surface area contributed by atoms with Gasteiger partial charge in [0.1, 0.15) is 5.75 Å². The van der Waals surface area contributed by atoms with Gasteiger partial charge in [-0.3, -0.25) is 4.79 Å². The van der Waals surface area contributed by atoms with Gasteiger partial charge >= 0.3 is 0 Å². The smallest absolute Gasteiger partial charge is 0.194 e. The summed E-state index contributed by atoms with van der Waals surface area (Å²) in [6.07, 6.45) is 0.405. The van der Waals surface area contributed by atoms with Gasteiger partial charge < -0.3 is 9.84 Å². The highest BCUT2D eigenvalue weighted by atomic mass is 16.6. The van der Waals surface area contributed by atoms with Crippen molar-refractivity contribution in [1.82, 2.24) is 0 Å². The van der Waals surface area contributed by atoms with Gasteiger partial charge in [-0.15, -0.1) is 0 Å². The van der Waals surface area contributed by atoms with Crippen molar-refractivity contribution in [2.75, 3.05) is 0 Å². The third-order valence-electron chi connectivity index (χ3n) is 1.96. The molecule has 0 aromatic heterocycles. The Balaban J connectivity index is 2.90. The summed E-state index contributed by atoms with van der Waals surface area (Å²) in [5.74, 6) is 0.500. The number of Topliss-reactive ketones (excluding diaryl/α,β-unsaturated/α-hetero) is 1. The number of rotatable bonds is 5. The van der Waals surface area contributed by atoms with E-state index in [1.807, 2.05) is 6.92 Å². The summed E-state index contributed by atoms with van der Waals surface area (Å²) in [4.78, 5) is 11.7. The predicted molar refractivity (Wildman–Crippen MR) is 58.0 cm³/mol. The number of ether oxygens (including phenoxy) is 1. The number of hydrogen-bond donors (Lipinski definition) is 1. The van der Waals surface area contributed by atoms with E-state index in [1.165, 1.54) is 6.92 Å². The third-order valence-corrected chi connectivity index (χ3v) is 1.96. The highest BCUT2D eigenvalue weighted by Gasteiger charge is 2.11. The van der Waals surface area contributed by atoms with Crippen molar-refractivity contribution in [3.8, 4) is 5.75 Å². The van der Waals surface area contributed by atoms with Crippen molar-refractivity contribution in [1.29, 1.82) is 0 Å². The molecule has 0 amide bonds. The summed E-state index contributed by atoms with van der Waals surface area (Å²) >= 11 is 0. The van der Waals surface area contributed by atoms with E-state index in [-0.39, 0.29) is 5.78 Å². The van der Waals surface area contributed by atoms with Gasteiger partial charge in [-0.25, -0.2) is 0 Å². The topological polar surface area (TPSA) is 46.5 Å². The van der Waals surface area contributed by atoms with Crippen LogP contribution in [0.15, 0.2) is 24.3 Å². The summed E-state index contributed by atoms with van der Waals surface area (Å²) in [7, 11) is 0. The molecule has 3 nitrogen and oxygen atoms in total. The number of para-hydroxylation sites is 1. The molecule has 1 rings (SSSR count). The first-order chi connectivity index (χ1) is 7.15. The molecule has 1 atom stereocenters. The van der Waals surface area contributed by atoms with Crippen LogP contribution in [-0.4, -0.2) is 17.2 Å². The van der Waals surface area contributed by atoms with Crippen LogP contribution in [0.4, 0.5) is 0 Å². The molecule has 1 N–H and O–H groups in total. The van der Waals surface area contributed by atoms with E-state index < -0.39 is 6.29 Å². The summed E-state index contributed by atoms with van der Waals surface area (Å²) < 4.78 is 5.15. The van der Waals surface area contributed by atoms with E-state index in [2.05, 4.69) is 0 Å². The average molecular weight is 208 g/mol. The number of ketones is 1. The number of carbonyl (C=O) groups excluding carboxylic acids is 1. The molecule has 0 saturated carbocycles. The lowest BCUT2D eigenvalue weighted by atomic mass is 10.1. The minimum Gasteiger partial charge on any atom is -0.465 e. The van der Waals surface area contributed by atoms with E-state index in [4.69, 9.17) is 9.84 Å². The van der Waals surface area contributed by atoms with Crippen LogP contribution in [0.2, 0.25) is 0 Å². The van der Waals surface area contributed by atoms with Crippen LogP contribution in [0.1, 0.15) is 37.0 Å². The Morgan fingerprint density at radius 2 is 2.13 bits per heavy atom. The fourth-order valence-electron chi connectivity index (χ4n) is 1.35. The van der Waals surface area contributed by atoms with Gasteiger partial charge in [0.25, 0.3) is 0 Å². The molecule has 1 aromatic carbocycles. The minimum atomic E-state index is -0.902. The van der Waals surface area contributed by atoms with Crippen molar-refractivity contribution >= 4 is 5.78 Å². The fraction of sp³-hybridized carbons (Fsp3) is 0.417. The van der Waals surface area contributed by atoms with Crippen molar-refractivity contribution in [2.45, 2.75) is 33.0 Å². The fourth-order valence-corrected chi connectivity index (χ4v) is 1.35. The molecule has 0 aliphatic rings. The Bertz CT molecular complexity index is 331. The predicted octanol–water partition coefficient (Wildman–Crippen LogP) is 2.39. The number of carbonyl (C=O) groups is 1. The number of hydrogen-bond acceptors (Lipinski definition) is 3. The van der Waals surface area contributed by atoms with Crippen LogP contribution in [0.5, 0.6) is 5.75 Å². The van der Waals surface area contributed by atoms with E-state index >= 15 is 0 Å². The number of aliphatic hydroxyl groups is 1. The first-order valence-corrected chi connectivity index (χ1v) is 5.12. The number of aliphatic hydroxyl groups excluding tert-OH is 1. The van der Waals surface area contributed by atoms with Crippen LogP contribution in [-0.2, 0) is 0 Å². The van der Waals surface area contributed by atoms with Gasteiger partial charge in [0.15, 0.2) is 12.1 Å². The number of benzene rings is 1. The molecular formula is C12H16O3. The maximum absolute atomic E-state index is 11.7. The van der Waals surface area contributed by atoms with E-state index in [0.717, 1.165) is 6.42 Å². The van der Waals surface area contributed by atoms with Crippen LogP contribution in [0.25, 0.3) is 0 Å². The largest absolute Gasteiger partial charge is 0.465 e. The highest BCUT2D eigenvalue weighted by Crippen LogP contribution is 2.20. The second kappa shape index (κ2) is 5.51. The standard InChI is InChI=1S/C12H16O3/c1-3-6-11(14)10-7-4-5-8-12(10)15-9(2)13/h4-5,7-9,13H,3,6H2,1-2H3. The zero-order valence-corrected chi connectivity index (χ0v) is 9.06. The molecule has 0 spiro atoms. The molecule has 0 fully saturated rings. The van der Waals surface area contributed by atoms with Gasteiger partial charge in [-0.2, -0.15) is 0 Å². The van der Waals surface area contributed by atoms with Crippen molar-refractivity contribution in [2.24, 2.45) is 0 Å². The van der Waals surface area contributed by atoms with Crippen molar-refractivity contribution < 1.29 is 14.6 Å². The summed E-state index contributed by atoms with van der Waals surface area (Å²) in [5, 5.41) is 9.11. The van der Waals surface area contributed by atoms with Crippen molar-refractivity contribution in [3.63, 3.8) is 0 Å². The van der Waals surface area contributed by atoms with Crippen LogP contribution in [0.3, 0.4) is 0 Å². The highest BCUT2D eigenvalue weighted by molar-refractivity contribution is 5.98. The SMILES string of the molecule is CCCC(=O)c1ccccc1OC(C)O. The molecule has 0 heterocycles. The van der Waals surface area contributed by atoms with Gasteiger partial charge in [0.05, 0.1) is 5.56 Å². The quantitative estimate of drug-likeness (QED) is 0.597. The van der Waals surface area contributed by atoms with E-state index in [1.54, 1.807) is 24.3 Å². The Morgan fingerprint density at radius 3 is 2.73 bits per heavy atom. The molecule has 0 aliphatic carbocycles. The molecule has 15 heavy (non-hydrogen) atoms. The van der Waals surface area contributed by atoms with Gasteiger partial charge in [-0.05, 0) is 25.5 Å². The zero-order chi connectivity index (χ0) is 11.3. The first kappa shape index (κ1) is 11.7.